The van der Waals surface area contributed by atoms with E-state index in [1.807, 2.05) is 6.92 Å². The summed E-state index contributed by atoms with van der Waals surface area (Å²) >= 11 is 0. The molecule has 0 radical (unpaired) electrons. The number of H-pyrrole nitrogens is 1. The monoisotopic (exact) mass is 438 g/mol. The van der Waals surface area contributed by atoms with E-state index in [9.17, 15) is 9.18 Å². The maximum absolute atomic E-state index is 13.1. The zero-order valence-corrected chi connectivity index (χ0v) is 18.0. The van der Waals surface area contributed by atoms with Crippen LogP contribution in [0.2, 0.25) is 0 Å². The van der Waals surface area contributed by atoms with Crippen molar-refractivity contribution in [2.24, 2.45) is 0 Å². The molecule has 0 unspecified atom stereocenters. The van der Waals surface area contributed by atoms with Crippen LogP contribution in [0.25, 0.3) is 22.4 Å². The molecule has 0 amide bonds. The number of hydrogen-bond acceptors (Lipinski definition) is 7. The summed E-state index contributed by atoms with van der Waals surface area (Å²) in [5, 5.41) is 0.426. The molecule has 9 heteroatoms. The third-order valence-corrected chi connectivity index (χ3v) is 5.11. The van der Waals surface area contributed by atoms with Gasteiger partial charge in [-0.15, -0.1) is 0 Å². The minimum atomic E-state index is -0.314. The van der Waals surface area contributed by atoms with E-state index in [1.54, 1.807) is 30.5 Å². The van der Waals surface area contributed by atoms with Gasteiger partial charge in [-0.2, -0.15) is 0 Å². The molecule has 0 aliphatic heterocycles. The van der Waals surface area contributed by atoms with Gasteiger partial charge in [0.15, 0.2) is 11.5 Å². The van der Waals surface area contributed by atoms with Crippen molar-refractivity contribution in [3.05, 3.63) is 70.4 Å². The number of fused-ring (bicyclic) bond motifs is 1. The normalized spacial score (nSPS) is 11.3. The van der Waals surface area contributed by atoms with Crippen LogP contribution in [0.15, 0.2) is 51.9 Å². The highest BCUT2D eigenvalue weighted by atomic mass is 19.1. The fourth-order valence-corrected chi connectivity index (χ4v) is 3.41. The fourth-order valence-electron chi connectivity index (χ4n) is 3.41. The predicted molar refractivity (Wildman–Crippen MR) is 117 cm³/mol. The number of ether oxygens (including phenoxy) is 2. The van der Waals surface area contributed by atoms with E-state index in [0.717, 1.165) is 5.69 Å². The molecule has 0 bridgehead atoms. The molecule has 2 aromatic carbocycles. The summed E-state index contributed by atoms with van der Waals surface area (Å²) in [7, 11) is 3.05. The van der Waals surface area contributed by atoms with Crippen LogP contribution in [0, 0.1) is 5.82 Å². The Kier molecular flexibility index (Phi) is 6.18. The molecule has 0 fully saturated rings. The van der Waals surface area contributed by atoms with Crippen LogP contribution in [0.5, 0.6) is 11.5 Å². The van der Waals surface area contributed by atoms with Gasteiger partial charge in [0.2, 0.25) is 5.89 Å². The Morgan fingerprint density at radius 3 is 2.47 bits per heavy atom. The second-order valence-electron chi connectivity index (χ2n) is 7.19. The number of nitrogens with one attached hydrogen (secondary N) is 1. The van der Waals surface area contributed by atoms with Crippen molar-refractivity contribution in [2.75, 3.05) is 20.8 Å². The maximum atomic E-state index is 13.1. The number of aromatic nitrogens is 3. The van der Waals surface area contributed by atoms with Gasteiger partial charge in [0.05, 0.1) is 37.4 Å². The Labute approximate surface area is 183 Å². The lowest BCUT2D eigenvalue weighted by atomic mass is 10.2. The van der Waals surface area contributed by atoms with E-state index < -0.39 is 0 Å². The van der Waals surface area contributed by atoms with Gasteiger partial charge in [0, 0.05) is 18.2 Å². The number of aromatic amines is 1. The maximum Gasteiger partial charge on any atom is 0.258 e. The SMILES string of the molecule is CCN(Cc1coc(-c2ccc(F)cc2)n1)Cc1nc2cc(OC)c(OC)cc2c(=O)[nH]1. The van der Waals surface area contributed by atoms with Crippen LogP contribution in [0.1, 0.15) is 18.4 Å². The Morgan fingerprint density at radius 1 is 1.06 bits per heavy atom. The number of benzene rings is 2. The second-order valence-corrected chi connectivity index (χ2v) is 7.19. The average molecular weight is 438 g/mol. The average Bonchev–Trinajstić information content (AvgIpc) is 3.26. The number of methoxy groups -OCH3 is 2. The molecule has 1 N–H and O–H groups in total. The van der Waals surface area contributed by atoms with Crippen molar-refractivity contribution in [1.82, 2.24) is 19.9 Å². The van der Waals surface area contributed by atoms with E-state index >= 15 is 0 Å². The van der Waals surface area contributed by atoms with E-state index in [-0.39, 0.29) is 11.4 Å². The lowest BCUT2D eigenvalue weighted by molar-refractivity contribution is 0.261. The minimum absolute atomic E-state index is 0.248. The van der Waals surface area contributed by atoms with Gasteiger partial charge < -0.3 is 18.9 Å². The highest BCUT2D eigenvalue weighted by Gasteiger charge is 2.15. The van der Waals surface area contributed by atoms with Crippen LogP contribution < -0.4 is 15.0 Å². The summed E-state index contributed by atoms with van der Waals surface area (Å²) in [5.74, 6) is 1.62. The molecule has 4 rings (SSSR count). The van der Waals surface area contributed by atoms with Crippen LogP contribution in [0.4, 0.5) is 4.39 Å². The van der Waals surface area contributed by atoms with Gasteiger partial charge in [-0.3, -0.25) is 9.69 Å². The Balaban J connectivity index is 1.54. The number of hydrogen-bond donors (Lipinski definition) is 1. The molecule has 0 saturated heterocycles. The van der Waals surface area contributed by atoms with E-state index in [1.165, 1.54) is 26.4 Å². The molecule has 8 nitrogen and oxygen atoms in total. The molecule has 0 saturated carbocycles. The highest BCUT2D eigenvalue weighted by Crippen LogP contribution is 2.30. The molecule has 0 aliphatic carbocycles. The Hall–Kier alpha value is -3.72. The summed E-state index contributed by atoms with van der Waals surface area (Å²) in [6.45, 7) is 3.62. The van der Waals surface area contributed by atoms with E-state index in [4.69, 9.17) is 13.9 Å². The largest absolute Gasteiger partial charge is 0.493 e. The van der Waals surface area contributed by atoms with Gasteiger partial charge >= 0.3 is 0 Å². The summed E-state index contributed by atoms with van der Waals surface area (Å²) in [5.41, 5.74) is 1.70. The Bertz CT molecular complexity index is 1280. The zero-order chi connectivity index (χ0) is 22.7. The molecule has 4 aromatic rings. The van der Waals surface area contributed by atoms with Crippen molar-refractivity contribution in [1.29, 1.82) is 0 Å². The summed E-state index contributed by atoms with van der Waals surface area (Å²) in [4.78, 5) is 26.6. The molecule has 0 aliphatic rings. The topological polar surface area (TPSA) is 93.5 Å². The minimum Gasteiger partial charge on any atom is -0.493 e. The zero-order valence-electron chi connectivity index (χ0n) is 18.0. The van der Waals surface area contributed by atoms with Crippen LogP contribution in [-0.2, 0) is 13.1 Å². The standard InChI is InChI=1S/C23H23FN4O4/c1-4-28(11-16-13-32-23(25-16)14-5-7-15(24)8-6-14)12-21-26-18-10-20(31-3)19(30-2)9-17(18)22(29)27-21/h5-10,13H,4,11-12H2,1-3H3,(H,26,27,29). The Morgan fingerprint density at radius 2 is 1.78 bits per heavy atom. The van der Waals surface area contributed by atoms with Crippen LogP contribution in [0.3, 0.4) is 0 Å². The second kappa shape index (κ2) is 9.19. The molecular formula is C23H23FN4O4. The molecule has 0 spiro atoms. The van der Waals surface area contributed by atoms with Gasteiger partial charge in [-0.1, -0.05) is 6.92 Å². The fraction of sp³-hybridized carbons (Fsp3) is 0.261. The lowest BCUT2D eigenvalue weighted by Gasteiger charge is -2.18. The van der Waals surface area contributed by atoms with Crippen molar-refractivity contribution in [3.63, 3.8) is 0 Å². The highest BCUT2D eigenvalue weighted by molar-refractivity contribution is 5.81. The third-order valence-electron chi connectivity index (χ3n) is 5.11. The van der Waals surface area contributed by atoms with Gasteiger partial charge in [0.1, 0.15) is 17.9 Å². The van der Waals surface area contributed by atoms with Crippen molar-refractivity contribution >= 4 is 10.9 Å². The number of oxazole rings is 1. The molecule has 2 aromatic heterocycles. The first kappa shape index (κ1) is 21.5. The van der Waals surface area contributed by atoms with Gasteiger partial charge in [-0.05, 0) is 36.9 Å². The third kappa shape index (κ3) is 4.47. The number of nitrogens with zero attached hydrogens (tertiary/aromatic N) is 3. The van der Waals surface area contributed by atoms with Crippen molar-refractivity contribution in [3.8, 4) is 23.0 Å². The van der Waals surface area contributed by atoms with Gasteiger partial charge in [0.25, 0.3) is 5.56 Å². The number of rotatable bonds is 8. The van der Waals surface area contributed by atoms with Gasteiger partial charge in [-0.25, -0.2) is 14.4 Å². The van der Waals surface area contributed by atoms with Crippen LogP contribution in [-0.4, -0.2) is 40.6 Å². The lowest BCUT2D eigenvalue weighted by Crippen LogP contribution is -2.25. The molecule has 2 heterocycles. The summed E-state index contributed by atoms with van der Waals surface area (Å²) < 4.78 is 29.3. The molecule has 32 heavy (non-hydrogen) atoms. The van der Waals surface area contributed by atoms with E-state index in [2.05, 4.69) is 19.9 Å². The van der Waals surface area contributed by atoms with Crippen molar-refractivity contribution < 1.29 is 18.3 Å². The summed E-state index contributed by atoms with van der Waals surface area (Å²) in [6, 6.07) is 9.28. The first-order valence-electron chi connectivity index (χ1n) is 10.1. The first-order valence-corrected chi connectivity index (χ1v) is 10.1. The quantitative estimate of drug-likeness (QED) is 0.448. The molecular weight excluding hydrogens is 415 g/mol. The number of halogens is 1. The first-order chi connectivity index (χ1) is 15.5. The van der Waals surface area contributed by atoms with E-state index in [0.29, 0.717) is 59.3 Å². The molecule has 0 atom stereocenters. The van der Waals surface area contributed by atoms with Crippen molar-refractivity contribution in [2.45, 2.75) is 20.0 Å². The summed E-state index contributed by atoms with van der Waals surface area (Å²) in [6.07, 6.45) is 1.58. The molecule has 166 valence electrons. The van der Waals surface area contributed by atoms with Crippen LogP contribution >= 0.6 is 0 Å². The predicted octanol–water partition coefficient (Wildman–Crippen LogP) is 3.76. The smallest absolute Gasteiger partial charge is 0.258 e.